The maximum atomic E-state index is 12.5. The summed E-state index contributed by atoms with van der Waals surface area (Å²) in [6.45, 7) is 0.116. The van der Waals surface area contributed by atoms with Gasteiger partial charge >= 0.3 is 6.18 Å². The minimum Gasteiger partial charge on any atom is -0.325 e. The first-order valence-corrected chi connectivity index (χ1v) is 6.26. The second-order valence-electron chi connectivity index (χ2n) is 4.32. The van der Waals surface area contributed by atoms with Gasteiger partial charge in [0.05, 0.1) is 17.0 Å². The highest BCUT2D eigenvalue weighted by Crippen LogP contribution is 2.29. The van der Waals surface area contributed by atoms with Crippen molar-refractivity contribution in [1.29, 1.82) is 0 Å². The molecular formula is C15H14F3N3. The van der Waals surface area contributed by atoms with Crippen LogP contribution >= 0.6 is 0 Å². The number of rotatable bonds is 4. The summed E-state index contributed by atoms with van der Waals surface area (Å²) < 4.78 is 37.5. The Labute approximate surface area is 120 Å². The first kappa shape index (κ1) is 15.1. The number of nitrogens with one attached hydrogen (secondary N) is 1. The summed E-state index contributed by atoms with van der Waals surface area (Å²) in [7, 11) is 0. The van der Waals surface area contributed by atoms with Crippen LogP contribution in [0.15, 0.2) is 59.7 Å². The van der Waals surface area contributed by atoms with Crippen LogP contribution in [0.2, 0.25) is 0 Å². The number of nitrogens with zero attached hydrogens (tertiary/aromatic N) is 1. The molecule has 110 valence electrons. The van der Waals surface area contributed by atoms with E-state index in [0.29, 0.717) is 11.3 Å². The second-order valence-corrected chi connectivity index (χ2v) is 4.32. The topological polar surface area (TPSA) is 50.4 Å². The Balaban J connectivity index is 2.17. The molecule has 3 N–H and O–H groups in total. The lowest BCUT2D eigenvalue weighted by atomic mass is 10.1. The van der Waals surface area contributed by atoms with Gasteiger partial charge in [0.1, 0.15) is 0 Å². The molecule has 0 aromatic heterocycles. The zero-order valence-corrected chi connectivity index (χ0v) is 11.1. The summed E-state index contributed by atoms with van der Waals surface area (Å²) in [4.78, 5) is 0. The maximum absolute atomic E-state index is 12.5. The van der Waals surface area contributed by atoms with Gasteiger partial charge in [-0.2, -0.15) is 18.3 Å². The Morgan fingerprint density at radius 1 is 1.00 bits per heavy atom. The van der Waals surface area contributed by atoms with E-state index in [0.717, 1.165) is 17.8 Å². The first-order valence-electron chi connectivity index (χ1n) is 6.26. The van der Waals surface area contributed by atoms with Gasteiger partial charge < -0.3 is 5.73 Å². The molecule has 0 bridgehead atoms. The fourth-order valence-electron chi connectivity index (χ4n) is 1.72. The summed E-state index contributed by atoms with van der Waals surface area (Å²) >= 11 is 0. The van der Waals surface area contributed by atoms with Gasteiger partial charge in [-0.3, -0.25) is 5.43 Å². The van der Waals surface area contributed by atoms with Crippen molar-refractivity contribution in [2.45, 2.75) is 6.18 Å². The fraction of sp³-hybridized carbons (Fsp3) is 0.133. The molecule has 3 nitrogen and oxygen atoms in total. The van der Waals surface area contributed by atoms with Crippen molar-refractivity contribution in [3.63, 3.8) is 0 Å². The number of hydrogen-bond donors (Lipinski definition) is 2. The number of alkyl halides is 3. The Kier molecular flexibility index (Phi) is 4.59. The summed E-state index contributed by atoms with van der Waals surface area (Å²) in [6.07, 6.45) is -4.35. The average molecular weight is 293 g/mol. The van der Waals surface area contributed by atoms with Gasteiger partial charge in [0, 0.05) is 6.54 Å². The molecule has 0 atom stereocenters. The molecule has 0 aliphatic rings. The lowest BCUT2D eigenvalue weighted by molar-refractivity contribution is -0.137. The van der Waals surface area contributed by atoms with Gasteiger partial charge in [-0.05, 0) is 29.8 Å². The van der Waals surface area contributed by atoms with Crippen LogP contribution in [-0.2, 0) is 6.18 Å². The molecule has 0 saturated carbocycles. The van der Waals surface area contributed by atoms with E-state index in [1.54, 1.807) is 0 Å². The highest BCUT2D eigenvalue weighted by atomic mass is 19.4. The Morgan fingerprint density at radius 2 is 1.62 bits per heavy atom. The van der Waals surface area contributed by atoms with E-state index in [4.69, 9.17) is 5.73 Å². The van der Waals surface area contributed by atoms with E-state index >= 15 is 0 Å². The van der Waals surface area contributed by atoms with Crippen molar-refractivity contribution in [1.82, 2.24) is 0 Å². The molecule has 21 heavy (non-hydrogen) atoms. The third-order valence-electron chi connectivity index (χ3n) is 2.83. The molecule has 2 aromatic carbocycles. The van der Waals surface area contributed by atoms with Crippen molar-refractivity contribution in [2.24, 2.45) is 10.8 Å². The molecule has 2 aromatic rings. The minimum atomic E-state index is -4.35. The van der Waals surface area contributed by atoms with Gasteiger partial charge in [0.25, 0.3) is 0 Å². The second kappa shape index (κ2) is 6.41. The van der Waals surface area contributed by atoms with Crippen molar-refractivity contribution in [3.8, 4) is 0 Å². The predicted molar refractivity (Wildman–Crippen MR) is 77.1 cm³/mol. The van der Waals surface area contributed by atoms with Gasteiger partial charge in [0.2, 0.25) is 0 Å². The molecule has 6 heteroatoms. The Bertz CT molecular complexity index is 604. The summed E-state index contributed by atoms with van der Waals surface area (Å²) in [5.41, 5.74) is 9.53. The summed E-state index contributed by atoms with van der Waals surface area (Å²) in [5, 5.41) is 4.13. The quantitative estimate of drug-likeness (QED) is 0.670. The van der Waals surface area contributed by atoms with Crippen LogP contribution in [0.3, 0.4) is 0 Å². The highest BCUT2D eigenvalue weighted by Gasteiger charge is 2.30. The molecule has 0 spiro atoms. The van der Waals surface area contributed by atoms with Crippen LogP contribution in [0.5, 0.6) is 0 Å². The molecule has 0 saturated heterocycles. The normalized spacial score (nSPS) is 12.3. The molecule has 0 aliphatic carbocycles. The summed E-state index contributed by atoms with van der Waals surface area (Å²) in [5.74, 6) is 0. The maximum Gasteiger partial charge on any atom is 0.416 e. The van der Waals surface area contributed by atoms with Gasteiger partial charge in [-0.1, -0.05) is 30.3 Å². The van der Waals surface area contributed by atoms with Gasteiger partial charge in [-0.25, -0.2) is 0 Å². The fourth-order valence-corrected chi connectivity index (χ4v) is 1.72. The number of halogens is 3. The van der Waals surface area contributed by atoms with Crippen LogP contribution in [0, 0.1) is 0 Å². The monoisotopic (exact) mass is 293 g/mol. The number of benzene rings is 2. The largest absolute Gasteiger partial charge is 0.416 e. The molecule has 0 unspecified atom stereocenters. The zero-order valence-electron chi connectivity index (χ0n) is 11.1. The Morgan fingerprint density at radius 3 is 2.14 bits per heavy atom. The van der Waals surface area contributed by atoms with E-state index < -0.39 is 11.7 Å². The third-order valence-corrected chi connectivity index (χ3v) is 2.83. The molecule has 0 amide bonds. The van der Waals surface area contributed by atoms with Crippen LogP contribution in [-0.4, -0.2) is 12.3 Å². The first-order chi connectivity index (χ1) is 10.0. The third kappa shape index (κ3) is 4.06. The number of hydrogen-bond acceptors (Lipinski definition) is 3. The molecule has 2 rings (SSSR count). The highest BCUT2D eigenvalue weighted by molar-refractivity contribution is 6.02. The van der Waals surface area contributed by atoms with Crippen molar-refractivity contribution < 1.29 is 13.2 Å². The van der Waals surface area contributed by atoms with Gasteiger partial charge in [0.15, 0.2) is 0 Å². The van der Waals surface area contributed by atoms with E-state index in [9.17, 15) is 13.2 Å². The lowest BCUT2D eigenvalue weighted by Gasteiger charge is -2.09. The molecule has 0 fully saturated rings. The Hall–Kier alpha value is -2.34. The number of anilines is 1. The zero-order chi connectivity index (χ0) is 15.3. The van der Waals surface area contributed by atoms with Crippen molar-refractivity contribution in [3.05, 3.63) is 65.7 Å². The smallest absolute Gasteiger partial charge is 0.325 e. The van der Waals surface area contributed by atoms with Crippen molar-refractivity contribution in [2.75, 3.05) is 12.0 Å². The average Bonchev–Trinajstić information content (AvgIpc) is 2.48. The van der Waals surface area contributed by atoms with Crippen molar-refractivity contribution >= 4 is 11.4 Å². The van der Waals surface area contributed by atoms with Crippen LogP contribution in [0.25, 0.3) is 0 Å². The number of hydrazone groups is 1. The predicted octanol–water partition coefficient (Wildman–Crippen LogP) is 3.48. The SMILES string of the molecule is NCC(=NNc1ccccc1)c1ccc(C(F)(F)F)cc1. The molecule has 0 radical (unpaired) electrons. The number of para-hydroxylation sites is 1. The molecular weight excluding hydrogens is 279 g/mol. The van der Waals surface area contributed by atoms with E-state index in [1.165, 1.54) is 12.1 Å². The van der Waals surface area contributed by atoms with E-state index in [2.05, 4.69) is 10.5 Å². The van der Waals surface area contributed by atoms with E-state index in [-0.39, 0.29) is 6.54 Å². The molecule has 0 heterocycles. The number of nitrogens with two attached hydrogens (primary N) is 1. The van der Waals surface area contributed by atoms with Crippen LogP contribution in [0.4, 0.5) is 18.9 Å². The summed E-state index contributed by atoms with van der Waals surface area (Å²) in [6, 6.07) is 14.0. The van der Waals surface area contributed by atoms with Crippen LogP contribution < -0.4 is 11.2 Å². The standard InChI is InChI=1S/C15H14F3N3/c16-15(17,18)12-8-6-11(7-9-12)14(10-19)21-20-13-4-2-1-3-5-13/h1-9,20H,10,19H2. The minimum absolute atomic E-state index is 0.116. The van der Waals surface area contributed by atoms with E-state index in [1.807, 2.05) is 30.3 Å². The molecule has 0 aliphatic heterocycles. The lowest BCUT2D eigenvalue weighted by Crippen LogP contribution is -2.17. The van der Waals surface area contributed by atoms with Gasteiger partial charge in [-0.15, -0.1) is 0 Å². The van der Waals surface area contributed by atoms with Crippen LogP contribution in [0.1, 0.15) is 11.1 Å².